The second kappa shape index (κ2) is 3.92. The summed E-state index contributed by atoms with van der Waals surface area (Å²) in [5, 5.41) is 0. The number of hydrogen-bond acceptors (Lipinski definition) is 2. The molecule has 78 valence electrons. The molecule has 0 spiro atoms. The molecule has 0 saturated carbocycles. The van der Waals surface area contributed by atoms with Crippen LogP contribution in [-0.2, 0) is 4.74 Å². The molecule has 0 amide bonds. The number of nitrogens with two attached hydrogens (primary N) is 1. The standard InChI is InChI=1S/C10H13F2NO/c1-3-10(11,12)9(13)8-6-4-5-7(2)14-8/h3-7,9H,1,13H2,2H3. The Morgan fingerprint density at radius 2 is 2.36 bits per heavy atom. The van der Waals surface area contributed by atoms with E-state index in [9.17, 15) is 8.78 Å². The Labute approximate surface area is 81.7 Å². The van der Waals surface area contributed by atoms with E-state index in [0.717, 1.165) is 0 Å². The Bertz CT molecular complexity index is 284. The molecule has 0 saturated heterocycles. The van der Waals surface area contributed by atoms with Crippen LogP contribution in [0.15, 0.2) is 36.6 Å². The van der Waals surface area contributed by atoms with Crippen molar-refractivity contribution >= 4 is 0 Å². The van der Waals surface area contributed by atoms with E-state index in [0.29, 0.717) is 6.08 Å². The molecule has 0 aromatic carbocycles. The first-order chi connectivity index (χ1) is 6.47. The van der Waals surface area contributed by atoms with E-state index in [-0.39, 0.29) is 11.9 Å². The molecule has 1 heterocycles. The van der Waals surface area contributed by atoms with Gasteiger partial charge in [-0.1, -0.05) is 12.7 Å². The van der Waals surface area contributed by atoms with Crippen molar-refractivity contribution in [3.8, 4) is 0 Å². The van der Waals surface area contributed by atoms with Crippen molar-refractivity contribution in [3.05, 3.63) is 36.6 Å². The first-order valence-electron chi connectivity index (χ1n) is 4.29. The molecule has 2 nitrogen and oxygen atoms in total. The second-order valence-corrected chi connectivity index (χ2v) is 3.13. The lowest BCUT2D eigenvalue weighted by Gasteiger charge is -2.26. The Hall–Kier alpha value is -1.16. The van der Waals surface area contributed by atoms with E-state index in [1.54, 1.807) is 19.1 Å². The topological polar surface area (TPSA) is 35.2 Å². The Morgan fingerprint density at radius 3 is 2.86 bits per heavy atom. The smallest absolute Gasteiger partial charge is 0.288 e. The fourth-order valence-electron chi connectivity index (χ4n) is 1.09. The third-order valence-corrected chi connectivity index (χ3v) is 1.96. The minimum Gasteiger partial charge on any atom is -0.489 e. The highest BCUT2D eigenvalue weighted by molar-refractivity contribution is 5.21. The minimum absolute atomic E-state index is 0.0879. The summed E-state index contributed by atoms with van der Waals surface area (Å²) in [5.74, 6) is -3.05. The van der Waals surface area contributed by atoms with Crippen molar-refractivity contribution in [1.29, 1.82) is 0 Å². The molecule has 0 aromatic heterocycles. The van der Waals surface area contributed by atoms with Gasteiger partial charge in [-0.15, -0.1) is 0 Å². The highest BCUT2D eigenvalue weighted by Crippen LogP contribution is 2.26. The maximum atomic E-state index is 13.1. The number of ether oxygens (including phenoxy) is 1. The minimum atomic E-state index is -3.14. The van der Waals surface area contributed by atoms with Gasteiger partial charge >= 0.3 is 0 Å². The number of rotatable bonds is 3. The predicted octanol–water partition coefficient (Wildman–Crippen LogP) is 1.99. The van der Waals surface area contributed by atoms with Crippen molar-refractivity contribution in [2.24, 2.45) is 5.73 Å². The van der Waals surface area contributed by atoms with E-state index in [4.69, 9.17) is 10.5 Å². The summed E-state index contributed by atoms with van der Waals surface area (Å²) in [5.41, 5.74) is 5.35. The van der Waals surface area contributed by atoms with Gasteiger partial charge in [0.25, 0.3) is 5.92 Å². The Balaban J connectivity index is 2.79. The van der Waals surface area contributed by atoms with Crippen LogP contribution < -0.4 is 5.73 Å². The maximum absolute atomic E-state index is 13.1. The van der Waals surface area contributed by atoms with Gasteiger partial charge in [-0.3, -0.25) is 0 Å². The van der Waals surface area contributed by atoms with Crippen molar-refractivity contribution < 1.29 is 13.5 Å². The molecular formula is C10H13F2NO. The number of halogens is 2. The summed E-state index contributed by atoms with van der Waals surface area (Å²) in [6.07, 6.45) is 5.17. The summed E-state index contributed by atoms with van der Waals surface area (Å²) in [4.78, 5) is 0. The van der Waals surface area contributed by atoms with Gasteiger partial charge in [0.15, 0.2) is 0 Å². The zero-order valence-electron chi connectivity index (χ0n) is 7.91. The normalized spacial score (nSPS) is 23.7. The zero-order chi connectivity index (χ0) is 10.8. The van der Waals surface area contributed by atoms with Crippen LogP contribution in [0.4, 0.5) is 8.78 Å². The van der Waals surface area contributed by atoms with E-state index in [1.807, 2.05) is 0 Å². The lowest BCUT2D eigenvalue weighted by Crippen LogP contribution is -2.42. The average molecular weight is 201 g/mol. The van der Waals surface area contributed by atoms with E-state index < -0.39 is 12.0 Å². The molecule has 2 atom stereocenters. The largest absolute Gasteiger partial charge is 0.489 e. The van der Waals surface area contributed by atoms with Gasteiger partial charge in [-0.05, 0) is 25.2 Å². The molecule has 1 rings (SSSR count). The van der Waals surface area contributed by atoms with Crippen LogP contribution in [0.5, 0.6) is 0 Å². The highest BCUT2D eigenvalue weighted by atomic mass is 19.3. The van der Waals surface area contributed by atoms with Gasteiger partial charge in [0.05, 0.1) is 0 Å². The van der Waals surface area contributed by atoms with Crippen LogP contribution in [0.2, 0.25) is 0 Å². The van der Waals surface area contributed by atoms with Gasteiger partial charge in [-0.2, -0.15) is 8.78 Å². The van der Waals surface area contributed by atoms with Crippen molar-refractivity contribution in [2.75, 3.05) is 0 Å². The SMILES string of the molecule is C=CC(F)(F)C(N)C1=CC=CC(C)O1. The van der Waals surface area contributed by atoms with Crippen molar-refractivity contribution in [3.63, 3.8) is 0 Å². The molecule has 0 radical (unpaired) electrons. The Morgan fingerprint density at radius 1 is 1.71 bits per heavy atom. The Kier molecular flexibility index (Phi) is 3.06. The van der Waals surface area contributed by atoms with Crippen molar-refractivity contribution in [2.45, 2.75) is 25.0 Å². The predicted molar refractivity (Wildman–Crippen MR) is 50.9 cm³/mol. The summed E-state index contributed by atoms with van der Waals surface area (Å²) in [6.45, 7) is 4.79. The zero-order valence-corrected chi connectivity index (χ0v) is 7.91. The van der Waals surface area contributed by atoms with Gasteiger partial charge in [-0.25, -0.2) is 0 Å². The summed E-state index contributed by atoms with van der Waals surface area (Å²) >= 11 is 0. The van der Waals surface area contributed by atoms with E-state index in [2.05, 4.69) is 6.58 Å². The third kappa shape index (κ3) is 2.20. The third-order valence-electron chi connectivity index (χ3n) is 1.96. The average Bonchev–Trinajstić information content (AvgIpc) is 2.16. The molecule has 0 aliphatic carbocycles. The lowest BCUT2D eigenvalue weighted by atomic mass is 10.1. The first-order valence-corrected chi connectivity index (χ1v) is 4.29. The molecular weight excluding hydrogens is 188 g/mol. The van der Waals surface area contributed by atoms with Gasteiger partial charge in [0.2, 0.25) is 0 Å². The lowest BCUT2D eigenvalue weighted by molar-refractivity contribution is 0.0107. The van der Waals surface area contributed by atoms with Gasteiger partial charge < -0.3 is 10.5 Å². The van der Waals surface area contributed by atoms with Crippen LogP contribution >= 0.6 is 0 Å². The molecule has 14 heavy (non-hydrogen) atoms. The fourth-order valence-corrected chi connectivity index (χ4v) is 1.09. The molecule has 4 heteroatoms. The van der Waals surface area contributed by atoms with Gasteiger partial charge in [0, 0.05) is 0 Å². The van der Waals surface area contributed by atoms with Crippen LogP contribution in [0.1, 0.15) is 6.92 Å². The summed E-state index contributed by atoms with van der Waals surface area (Å²) in [7, 11) is 0. The fraction of sp³-hybridized carbons (Fsp3) is 0.400. The maximum Gasteiger partial charge on any atom is 0.288 e. The van der Waals surface area contributed by atoms with E-state index >= 15 is 0 Å². The summed E-state index contributed by atoms with van der Waals surface area (Å²) in [6, 6.07) is -1.47. The van der Waals surface area contributed by atoms with E-state index in [1.165, 1.54) is 6.08 Å². The van der Waals surface area contributed by atoms with Crippen LogP contribution in [0, 0.1) is 0 Å². The molecule has 2 unspecified atom stereocenters. The van der Waals surface area contributed by atoms with Crippen LogP contribution in [-0.4, -0.2) is 18.1 Å². The number of hydrogen-bond donors (Lipinski definition) is 1. The first kappa shape index (κ1) is 10.9. The molecule has 2 N–H and O–H groups in total. The number of allylic oxidation sites excluding steroid dienone is 2. The molecule has 0 bridgehead atoms. The van der Waals surface area contributed by atoms with Crippen LogP contribution in [0.3, 0.4) is 0 Å². The van der Waals surface area contributed by atoms with Crippen molar-refractivity contribution in [1.82, 2.24) is 0 Å². The molecule has 1 aliphatic rings. The second-order valence-electron chi connectivity index (χ2n) is 3.13. The van der Waals surface area contributed by atoms with Crippen LogP contribution in [0.25, 0.3) is 0 Å². The van der Waals surface area contributed by atoms with Gasteiger partial charge in [0.1, 0.15) is 17.9 Å². The molecule has 1 aliphatic heterocycles. The molecule has 0 aromatic rings. The monoisotopic (exact) mass is 201 g/mol. The summed E-state index contributed by atoms with van der Waals surface area (Å²) < 4.78 is 31.3. The number of alkyl halides is 2. The quantitative estimate of drug-likeness (QED) is 0.709. The molecule has 0 fully saturated rings. The highest BCUT2D eigenvalue weighted by Gasteiger charge is 2.37.